The molecule has 1 aliphatic heterocycles. The highest BCUT2D eigenvalue weighted by Crippen LogP contribution is 2.35. The molecule has 1 aromatic carbocycles. The van der Waals surface area contributed by atoms with Gasteiger partial charge in [0, 0.05) is 17.8 Å². The molecule has 0 aliphatic carbocycles. The lowest BCUT2D eigenvalue weighted by Gasteiger charge is -2.28. The number of hydrogen-bond donors (Lipinski definition) is 0. The lowest BCUT2D eigenvalue weighted by molar-refractivity contribution is 0.252. The van der Waals surface area contributed by atoms with E-state index < -0.39 is 0 Å². The summed E-state index contributed by atoms with van der Waals surface area (Å²) in [5, 5.41) is 9.21. The molecule has 25 heavy (non-hydrogen) atoms. The van der Waals surface area contributed by atoms with Gasteiger partial charge in [-0.3, -0.25) is 9.30 Å². The Labute approximate surface area is 160 Å². The monoisotopic (exact) mass is 416 g/mol. The second-order valence-electron chi connectivity index (χ2n) is 6.40. The minimum absolute atomic E-state index is 0.199. The first-order valence-corrected chi connectivity index (χ1v) is 9.47. The molecule has 0 radical (unpaired) electrons. The van der Waals surface area contributed by atoms with Crippen molar-refractivity contribution >= 4 is 33.2 Å². The van der Waals surface area contributed by atoms with Gasteiger partial charge in [-0.25, -0.2) is 0 Å². The summed E-state index contributed by atoms with van der Waals surface area (Å²) in [6.07, 6.45) is 6.58. The zero-order valence-electron chi connectivity index (χ0n) is 14.0. The molecule has 3 aromatic rings. The Morgan fingerprint density at radius 3 is 2.64 bits per heavy atom. The van der Waals surface area contributed by atoms with Gasteiger partial charge in [0.1, 0.15) is 5.82 Å². The van der Waals surface area contributed by atoms with Crippen molar-refractivity contribution in [1.82, 2.24) is 19.5 Å². The van der Waals surface area contributed by atoms with Gasteiger partial charge in [-0.05, 0) is 48.7 Å². The highest BCUT2D eigenvalue weighted by Gasteiger charge is 2.29. The van der Waals surface area contributed by atoms with Crippen LogP contribution in [0.3, 0.4) is 0 Å². The third-order valence-electron chi connectivity index (χ3n) is 4.63. The predicted molar refractivity (Wildman–Crippen MR) is 104 cm³/mol. The Morgan fingerprint density at radius 2 is 1.88 bits per heavy atom. The van der Waals surface area contributed by atoms with Crippen molar-refractivity contribution in [2.24, 2.45) is 0 Å². The Morgan fingerprint density at radius 1 is 1.12 bits per heavy atom. The van der Waals surface area contributed by atoms with Crippen LogP contribution in [0.4, 0.5) is 0 Å². The molecule has 2 aromatic heterocycles. The van der Waals surface area contributed by atoms with Crippen LogP contribution >= 0.6 is 27.5 Å². The maximum absolute atomic E-state index is 6.01. The summed E-state index contributed by atoms with van der Waals surface area (Å²) in [5.41, 5.74) is 4.53. The molecule has 0 N–H and O–H groups in total. The normalized spacial score (nSPS) is 20.6. The van der Waals surface area contributed by atoms with Gasteiger partial charge < -0.3 is 0 Å². The fraction of sp³-hybridized carbons (Fsp3) is 0.263. The zero-order chi connectivity index (χ0) is 17.6. The number of fused-ring (bicyclic) bond motifs is 1. The molecule has 2 unspecified atom stereocenters. The minimum Gasteiger partial charge on any atom is -0.286 e. The number of alkyl halides is 1. The largest absolute Gasteiger partial charge is 0.286 e. The van der Waals surface area contributed by atoms with Crippen molar-refractivity contribution in [3.63, 3.8) is 0 Å². The molecule has 0 bridgehead atoms. The van der Waals surface area contributed by atoms with E-state index in [0.29, 0.717) is 0 Å². The molecule has 0 saturated heterocycles. The quantitative estimate of drug-likeness (QED) is 0.347. The van der Waals surface area contributed by atoms with Crippen molar-refractivity contribution in [1.29, 1.82) is 0 Å². The van der Waals surface area contributed by atoms with Crippen LogP contribution in [0, 0.1) is 13.8 Å². The highest BCUT2D eigenvalue weighted by atomic mass is 79.9. The van der Waals surface area contributed by atoms with E-state index in [1.807, 2.05) is 19.1 Å². The maximum Gasteiger partial charge on any atom is 0.163 e. The van der Waals surface area contributed by atoms with Crippen molar-refractivity contribution < 1.29 is 0 Å². The van der Waals surface area contributed by atoms with Crippen LogP contribution in [-0.2, 0) is 6.54 Å². The summed E-state index contributed by atoms with van der Waals surface area (Å²) in [6, 6.07) is 10.4. The average molecular weight is 418 g/mol. The number of aromatic nitrogens is 3. The first kappa shape index (κ1) is 16.8. The second kappa shape index (κ2) is 6.56. The van der Waals surface area contributed by atoms with Crippen molar-refractivity contribution in [3.8, 4) is 0 Å². The number of hydrogen-bond acceptors (Lipinski definition) is 3. The molecule has 1 aliphatic rings. The van der Waals surface area contributed by atoms with Gasteiger partial charge in [-0.1, -0.05) is 51.8 Å². The van der Waals surface area contributed by atoms with Gasteiger partial charge in [0.2, 0.25) is 0 Å². The number of pyridine rings is 1. The summed E-state index contributed by atoms with van der Waals surface area (Å²) in [4.78, 5) is 2.61. The van der Waals surface area contributed by atoms with Crippen molar-refractivity contribution in [2.75, 3.05) is 0 Å². The Hall–Kier alpha value is -1.69. The van der Waals surface area contributed by atoms with Gasteiger partial charge in [0.05, 0.1) is 11.0 Å². The van der Waals surface area contributed by atoms with Crippen LogP contribution in [0.5, 0.6) is 0 Å². The van der Waals surface area contributed by atoms with E-state index in [1.165, 1.54) is 11.1 Å². The lowest BCUT2D eigenvalue weighted by Crippen LogP contribution is -2.28. The average Bonchev–Trinajstić information content (AvgIpc) is 3.14. The number of aryl methyl sites for hydroxylation is 2. The highest BCUT2D eigenvalue weighted by molar-refractivity contribution is 9.09. The third-order valence-corrected chi connectivity index (χ3v) is 5.71. The van der Waals surface area contributed by atoms with E-state index in [1.54, 1.807) is 0 Å². The van der Waals surface area contributed by atoms with Crippen LogP contribution in [0.1, 0.15) is 28.6 Å². The first-order chi connectivity index (χ1) is 12.0. The SMILES string of the molecule is Cc1cc(C2C=CC(Br)N2Cc2ccc(Cl)cc2)cn2c(C)nnc12. The summed E-state index contributed by atoms with van der Waals surface area (Å²) >= 11 is 9.78. The van der Waals surface area contributed by atoms with Crippen LogP contribution in [-0.4, -0.2) is 24.4 Å². The van der Waals surface area contributed by atoms with Crippen LogP contribution < -0.4 is 0 Å². The third kappa shape index (κ3) is 3.12. The Bertz CT molecular complexity index is 948. The molecule has 0 amide bonds. The smallest absolute Gasteiger partial charge is 0.163 e. The molecule has 128 valence electrons. The standard InChI is InChI=1S/C19H18BrClN4/c1-12-9-15(11-24-13(2)22-23-19(12)24)17-7-8-18(20)25(17)10-14-3-5-16(21)6-4-14/h3-9,11,17-18H,10H2,1-2H3. The van der Waals surface area contributed by atoms with Gasteiger partial charge in [0.15, 0.2) is 5.65 Å². The molecule has 0 spiro atoms. The Kier molecular flexibility index (Phi) is 4.40. The predicted octanol–water partition coefficient (Wildman–Crippen LogP) is 4.83. The van der Waals surface area contributed by atoms with Gasteiger partial charge >= 0.3 is 0 Å². The molecule has 3 heterocycles. The van der Waals surface area contributed by atoms with E-state index in [4.69, 9.17) is 11.6 Å². The lowest BCUT2D eigenvalue weighted by atomic mass is 10.1. The number of benzene rings is 1. The van der Waals surface area contributed by atoms with Crippen molar-refractivity contribution in [3.05, 3.63) is 76.2 Å². The first-order valence-electron chi connectivity index (χ1n) is 8.17. The van der Waals surface area contributed by atoms with E-state index in [-0.39, 0.29) is 11.0 Å². The number of rotatable bonds is 3. The summed E-state index contributed by atoms with van der Waals surface area (Å²) in [6.45, 7) is 4.90. The zero-order valence-corrected chi connectivity index (χ0v) is 16.4. The molecular weight excluding hydrogens is 400 g/mol. The van der Waals surface area contributed by atoms with Crippen LogP contribution in [0.25, 0.3) is 5.65 Å². The molecular formula is C19H18BrClN4. The fourth-order valence-electron chi connectivity index (χ4n) is 3.32. The summed E-state index contributed by atoms with van der Waals surface area (Å²) in [7, 11) is 0. The van der Waals surface area contributed by atoms with E-state index >= 15 is 0 Å². The van der Waals surface area contributed by atoms with Gasteiger partial charge in [0.25, 0.3) is 0 Å². The van der Waals surface area contributed by atoms with Crippen molar-refractivity contribution in [2.45, 2.75) is 31.4 Å². The molecule has 0 saturated carbocycles. The minimum atomic E-state index is 0.199. The summed E-state index contributed by atoms with van der Waals surface area (Å²) < 4.78 is 2.07. The molecule has 2 atom stereocenters. The van der Waals surface area contributed by atoms with Crippen LogP contribution in [0.2, 0.25) is 5.02 Å². The molecule has 4 nitrogen and oxygen atoms in total. The second-order valence-corrected chi connectivity index (χ2v) is 7.77. The molecule has 6 heteroatoms. The summed E-state index contributed by atoms with van der Waals surface area (Å²) in [5.74, 6) is 0.904. The van der Waals surface area contributed by atoms with Crippen LogP contribution in [0.15, 0.2) is 48.7 Å². The molecule has 4 rings (SSSR count). The fourth-order valence-corrected chi connectivity index (χ4v) is 4.02. The number of nitrogens with zero attached hydrogens (tertiary/aromatic N) is 4. The van der Waals surface area contributed by atoms with Gasteiger partial charge in [-0.2, -0.15) is 0 Å². The van der Waals surface area contributed by atoms with E-state index in [2.05, 4.69) is 78.9 Å². The maximum atomic E-state index is 6.01. The van der Waals surface area contributed by atoms with E-state index in [9.17, 15) is 0 Å². The number of halogens is 2. The van der Waals surface area contributed by atoms with E-state index in [0.717, 1.165) is 28.6 Å². The topological polar surface area (TPSA) is 33.4 Å². The van der Waals surface area contributed by atoms with Gasteiger partial charge in [-0.15, -0.1) is 10.2 Å². The Balaban J connectivity index is 1.69. The molecule has 0 fully saturated rings.